The number of morpholine rings is 1. The lowest BCUT2D eigenvalue weighted by Gasteiger charge is -2.35. The van der Waals surface area contributed by atoms with Crippen LogP contribution in [0.2, 0.25) is 0 Å². The SMILES string of the molecule is C[C@@H](NC(=O)NC1CCCCC1)[C@@H](c1ccccc1)[NH+]1CCOCC1. The maximum Gasteiger partial charge on any atom is 0.315 e. The maximum absolute atomic E-state index is 12.5. The number of carbonyl (C=O) groups is 1. The van der Waals surface area contributed by atoms with Crippen LogP contribution >= 0.6 is 0 Å². The van der Waals surface area contributed by atoms with Crippen molar-refractivity contribution in [3.63, 3.8) is 0 Å². The summed E-state index contributed by atoms with van der Waals surface area (Å²) in [7, 11) is 0. The molecule has 2 aliphatic rings. The van der Waals surface area contributed by atoms with E-state index >= 15 is 0 Å². The van der Waals surface area contributed by atoms with E-state index in [0.717, 1.165) is 39.1 Å². The van der Waals surface area contributed by atoms with Crippen LogP contribution in [0.3, 0.4) is 0 Å². The van der Waals surface area contributed by atoms with Gasteiger partial charge in [0.15, 0.2) is 0 Å². The Labute approximate surface area is 151 Å². The lowest BCUT2D eigenvalue weighted by molar-refractivity contribution is -0.940. The zero-order chi connectivity index (χ0) is 17.5. The first-order valence-corrected chi connectivity index (χ1v) is 9.78. The average Bonchev–Trinajstić information content (AvgIpc) is 2.64. The lowest BCUT2D eigenvalue weighted by atomic mass is 9.95. The van der Waals surface area contributed by atoms with Crippen LogP contribution in [0.1, 0.15) is 50.6 Å². The van der Waals surface area contributed by atoms with E-state index in [0.29, 0.717) is 6.04 Å². The Balaban J connectivity index is 1.63. The van der Waals surface area contributed by atoms with Crippen LogP contribution in [0.4, 0.5) is 4.79 Å². The van der Waals surface area contributed by atoms with Gasteiger partial charge in [-0.2, -0.15) is 0 Å². The molecule has 25 heavy (non-hydrogen) atoms. The summed E-state index contributed by atoms with van der Waals surface area (Å²) in [6, 6.07) is 11.2. The molecule has 3 N–H and O–H groups in total. The Morgan fingerprint density at radius 1 is 1.12 bits per heavy atom. The molecule has 1 aliphatic heterocycles. The molecule has 3 rings (SSSR count). The Morgan fingerprint density at radius 3 is 2.48 bits per heavy atom. The second-order valence-electron chi connectivity index (χ2n) is 7.40. The van der Waals surface area contributed by atoms with Gasteiger partial charge in [-0.1, -0.05) is 49.6 Å². The normalized spacial score (nSPS) is 22.1. The number of hydrogen-bond donors (Lipinski definition) is 3. The Kier molecular flexibility index (Phi) is 6.70. The summed E-state index contributed by atoms with van der Waals surface area (Å²) < 4.78 is 5.53. The van der Waals surface area contributed by atoms with Gasteiger partial charge in [0.1, 0.15) is 19.1 Å². The van der Waals surface area contributed by atoms with Crippen molar-refractivity contribution in [1.82, 2.24) is 10.6 Å². The fourth-order valence-corrected chi connectivity index (χ4v) is 4.25. The summed E-state index contributed by atoms with van der Waals surface area (Å²) in [5, 5.41) is 6.39. The van der Waals surface area contributed by atoms with Crippen molar-refractivity contribution < 1.29 is 14.4 Å². The second-order valence-corrected chi connectivity index (χ2v) is 7.40. The Hall–Kier alpha value is -1.59. The van der Waals surface area contributed by atoms with E-state index < -0.39 is 0 Å². The van der Waals surface area contributed by atoms with Crippen molar-refractivity contribution in [3.8, 4) is 0 Å². The highest BCUT2D eigenvalue weighted by atomic mass is 16.5. The molecule has 0 bridgehead atoms. The van der Waals surface area contributed by atoms with E-state index in [2.05, 4.69) is 41.8 Å². The molecule has 138 valence electrons. The number of rotatable bonds is 5. The van der Waals surface area contributed by atoms with E-state index in [-0.39, 0.29) is 18.1 Å². The number of hydrogen-bond acceptors (Lipinski definition) is 2. The van der Waals surface area contributed by atoms with Crippen LogP contribution in [0.5, 0.6) is 0 Å². The first-order valence-electron chi connectivity index (χ1n) is 9.78. The van der Waals surface area contributed by atoms with E-state index in [1.807, 2.05) is 6.07 Å². The minimum absolute atomic E-state index is 0.0204. The molecule has 2 fully saturated rings. The number of nitrogens with one attached hydrogen (secondary N) is 3. The number of carbonyl (C=O) groups excluding carboxylic acids is 1. The third-order valence-corrected chi connectivity index (χ3v) is 5.53. The van der Waals surface area contributed by atoms with E-state index in [4.69, 9.17) is 4.74 Å². The Bertz CT molecular complexity index is 525. The van der Waals surface area contributed by atoms with E-state index in [1.54, 1.807) is 0 Å². The van der Waals surface area contributed by atoms with Crippen LogP contribution in [0.15, 0.2) is 30.3 Å². The van der Waals surface area contributed by atoms with Gasteiger partial charge in [-0.05, 0) is 19.8 Å². The molecule has 1 aliphatic carbocycles. The van der Waals surface area contributed by atoms with Crippen molar-refractivity contribution in [2.45, 2.75) is 57.2 Å². The van der Waals surface area contributed by atoms with Gasteiger partial charge in [-0.3, -0.25) is 0 Å². The minimum atomic E-state index is -0.0204. The van der Waals surface area contributed by atoms with Crippen molar-refractivity contribution in [2.75, 3.05) is 26.3 Å². The first-order chi connectivity index (χ1) is 12.2. The molecule has 2 amide bonds. The molecule has 5 heteroatoms. The summed E-state index contributed by atoms with van der Waals surface area (Å²) in [4.78, 5) is 14.0. The highest BCUT2D eigenvalue weighted by Crippen LogP contribution is 2.18. The minimum Gasteiger partial charge on any atom is -0.370 e. The summed E-state index contributed by atoms with van der Waals surface area (Å²) in [5.74, 6) is 0. The quantitative estimate of drug-likeness (QED) is 0.760. The first kappa shape index (κ1) is 18.2. The molecular weight excluding hydrogens is 314 g/mol. The fourth-order valence-electron chi connectivity index (χ4n) is 4.25. The van der Waals surface area contributed by atoms with Gasteiger partial charge in [-0.15, -0.1) is 0 Å². The molecule has 0 radical (unpaired) electrons. The molecule has 2 atom stereocenters. The third-order valence-electron chi connectivity index (χ3n) is 5.53. The average molecular weight is 346 g/mol. The van der Waals surface area contributed by atoms with Gasteiger partial charge in [0.25, 0.3) is 0 Å². The molecular formula is C20H32N3O2+. The molecule has 1 saturated heterocycles. The summed E-state index contributed by atoms with van der Waals surface area (Å²) in [6.45, 7) is 5.67. The summed E-state index contributed by atoms with van der Waals surface area (Å²) >= 11 is 0. The van der Waals surface area contributed by atoms with Gasteiger partial charge in [0.2, 0.25) is 0 Å². The molecule has 1 aromatic rings. The van der Waals surface area contributed by atoms with Gasteiger partial charge in [0, 0.05) is 11.6 Å². The number of benzene rings is 1. The van der Waals surface area contributed by atoms with Crippen molar-refractivity contribution in [3.05, 3.63) is 35.9 Å². The van der Waals surface area contributed by atoms with Crippen LogP contribution < -0.4 is 15.5 Å². The van der Waals surface area contributed by atoms with Gasteiger partial charge >= 0.3 is 6.03 Å². The van der Waals surface area contributed by atoms with Crippen LogP contribution in [-0.2, 0) is 4.74 Å². The van der Waals surface area contributed by atoms with Crippen LogP contribution in [0, 0.1) is 0 Å². The zero-order valence-electron chi connectivity index (χ0n) is 15.3. The third kappa shape index (κ3) is 5.19. The molecule has 1 saturated carbocycles. The molecule has 0 aromatic heterocycles. The molecule has 0 unspecified atom stereocenters. The topological polar surface area (TPSA) is 54.8 Å². The molecule has 0 spiro atoms. The number of amides is 2. The monoisotopic (exact) mass is 346 g/mol. The smallest absolute Gasteiger partial charge is 0.315 e. The highest BCUT2D eigenvalue weighted by Gasteiger charge is 2.32. The van der Waals surface area contributed by atoms with Gasteiger partial charge in [-0.25, -0.2) is 4.79 Å². The van der Waals surface area contributed by atoms with E-state index in [1.165, 1.54) is 29.7 Å². The predicted octanol–water partition coefficient (Wildman–Crippen LogP) is 1.66. The Morgan fingerprint density at radius 2 is 1.80 bits per heavy atom. The predicted molar refractivity (Wildman–Crippen MR) is 98.7 cm³/mol. The van der Waals surface area contributed by atoms with Crippen molar-refractivity contribution in [1.29, 1.82) is 0 Å². The maximum atomic E-state index is 12.5. The van der Waals surface area contributed by atoms with Crippen LogP contribution in [-0.4, -0.2) is 44.4 Å². The second kappa shape index (κ2) is 9.20. The molecule has 1 aromatic carbocycles. The van der Waals surface area contributed by atoms with Crippen molar-refractivity contribution in [2.24, 2.45) is 0 Å². The largest absolute Gasteiger partial charge is 0.370 e. The molecule has 5 nitrogen and oxygen atoms in total. The number of urea groups is 1. The van der Waals surface area contributed by atoms with Gasteiger partial charge in [0.05, 0.1) is 19.3 Å². The summed E-state index contributed by atoms with van der Waals surface area (Å²) in [6.07, 6.45) is 5.97. The fraction of sp³-hybridized carbons (Fsp3) is 0.650. The zero-order valence-corrected chi connectivity index (χ0v) is 15.3. The standard InChI is InChI=1S/C20H31N3O2/c1-16(21-20(24)22-18-10-6-3-7-11-18)19(17-8-4-2-5-9-17)23-12-14-25-15-13-23/h2,4-5,8-9,16,18-19H,3,6-7,10-15H2,1H3,(H2,21,22,24)/p+1/t16-,19+/m1/s1. The molecule has 1 heterocycles. The number of quaternary nitrogens is 1. The van der Waals surface area contributed by atoms with Crippen molar-refractivity contribution >= 4 is 6.03 Å². The number of ether oxygens (including phenoxy) is 1. The van der Waals surface area contributed by atoms with Gasteiger partial charge < -0.3 is 20.3 Å². The lowest BCUT2D eigenvalue weighted by Crippen LogP contribution is -3.15. The van der Waals surface area contributed by atoms with Crippen LogP contribution in [0.25, 0.3) is 0 Å². The highest BCUT2D eigenvalue weighted by molar-refractivity contribution is 5.74. The van der Waals surface area contributed by atoms with E-state index in [9.17, 15) is 4.79 Å². The summed E-state index contributed by atoms with van der Waals surface area (Å²) in [5.41, 5.74) is 1.28.